The first-order chi connectivity index (χ1) is 14.1. The van der Waals surface area contributed by atoms with Crippen molar-refractivity contribution in [1.82, 2.24) is 14.6 Å². The van der Waals surface area contributed by atoms with Crippen LogP contribution in [0.4, 0.5) is 5.69 Å². The second-order valence-electron chi connectivity index (χ2n) is 6.20. The third kappa shape index (κ3) is 3.55. The van der Waals surface area contributed by atoms with Gasteiger partial charge in [0.25, 0.3) is 11.5 Å². The van der Waals surface area contributed by atoms with Gasteiger partial charge in [-0.25, -0.2) is 4.52 Å². The first kappa shape index (κ1) is 19.0. The van der Waals surface area contributed by atoms with E-state index in [4.69, 9.17) is 21.1 Å². The van der Waals surface area contributed by atoms with Crippen molar-refractivity contribution < 1.29 is 14.3 Å². The molecular formula is C20H17ClN4O4. The molecule has 0 aliphatic rings. The van der Waals surface area contributed by atoms with E-state index in [0.717, 1.165) is 0 Å². The number of amides is 1. The molecule has 0 saturated carbocycles. The summed E-state index contributed by atoms with van der Waals surface area (Å²) in [6.45, 7) is 0.653. The number of H-pyrrole nitrogens is 1. The lowest BCUT2D eigenvalue weighted by Gasteiger charge is -2.13. The highest BCUT2D eigenvalue weighted by molar-refractivity contribution is 6.32. The van der Waals surface area contributed by atoms with Crippen LogP contribution in [0.5, 0.6) is 5.75 Å². The number of aromatic nitrogens is 3. The van der Waals surface area contributed by atoms with Crippen LogP contribution in [0.2, 0.25) is 5.02 Å². The number of anilines is 1. The number of fused-ring (bicyclic) bond motifs is 3. The van der Waals surface area contributed by atoms with E-state index in [0.29, 0.717) is 39.6 Å². The number of ether oxygens (including phenoxy) is 2. The van der Waals surface area contributed by atoms with Crippen LogP contribution in [-0.4, -0.2) is 40.8 Å². The van der Waals surface area contributed by atoms with Crippen LogP contribution in [0.1, 0.15) is 10.4 Å². The van der Waals surface area contributed by atoms with E-state index in [9.17, 15) is 9.59 Å². The van der Waals surface area contributed by atoms with Gasteiger partial charge in [0.2, 0.25) is 0 Å². The van der Waals surface area contributed by atoms with E-state index in [1.54, 1.807) is 49.6 Å². The van der Waals surface area contributed by atoms with Crippen molar-refractivity contribution in [3.8, 4) is 5.75 Å². The zero-order valence-electron chi connectivity index (χ0n) is 15.4. The summed E-state index contributed by atoms with van der Waals surface area (Å²) in [6.07, 6.45) is 1.41. The highest BCUT2D eigenvalue weighted by Gasteiger charge is 2.18. The smallest absolute Gasteiger partial charge is 0.261 e. The molecule has 0 fully saturated rings. The molecule has 4 aromatic rings. The molecule has 0 saturated heterocycles. The number of aromatic amines is 1. The molecule has 2 N–H and O–H groups in total. The van der Waals surface area contributed by atoms with Gasteiger partial charge in [0.15, 0.2) is 5.75 Å². The molecule has 0 unspecified atom stereocenters. The first-order valence-corrected chi connectivity index (χ1v) is 9.18. The number of benzene rings is 2. The number of carbonyl (C=O) groups excluding carboxylic acids is 1. The van der Waals surface area contributed by atoms with Crippen LogP contribution < -0.4 is 15.6 Å². The Balaban J connectivity index is 1.71. The molecule has 8 nitrogen and oxygen atoms in total. The maximum atomic E-state index is 12.9. The number of para-hydroxylation sites is 2. The molecule has 0 atom stereocenters. The van der Waals surface area contributed by atoms with Gasteiger partial charge < -0.3 is 19.8 Å². The zero-order valence-corrected chi connectivity index (χ0v) is 16.2. The van der Waals surface area contributed by atoms with E-state index in [2.05, 4.69) is 15.4 Å². The molecule has 0 aliphatic heterocycles. The average molecular weight is 413 g/mol. The van der Waals surface area contributed by atoms with Crippen LogP contribution in [-0.2, 0) is 4.74 Å². The van der Waals surface area contributed by atoms with Gasteiger partial charge in [-0.2, -0.15) is 5.10 Å². The Morgan fingerprint density at radius 3 is 2.86 bits per heavy atom. The third-order valence-corrected chi connectivity index (χ3v) is 4.67. The minimum atomic E-state index is -0.454. The van der Waals surface area contributed by atoms with Crippen molar-refractivity contribution in [3.05, 3.63) is 69.6 Å². The average Bonchev–Trinajstić information content (AvgIpc) is 3.14. The highest BCUT2D eigenvalue weighted by Crippen LogP contribution is 2.33. The standard InChI is InChI=1S/C20H17ClN4O4/c1-28-9-10-29-17-14(21)6-4-7-15(17)23-20(27)13-11-22-25-16-8-3-2-5-12(16)19(26)24-18(13)25/h2-8,11H,9-10H2,1H3,(H,23,27)(H,24,26). The van der Waals surface area contributed by atoms with Gasteiger partial charge in [0.05, 0.1) is 34.4 Å². The van der Waals surface area contributed by atoms with Crippen LogP contribution in [0.15, 0.2) is 53.5 Å². The normalized spacial score (nSPS) is 11.1. The van der Waals surface area contributed by atoms with Gasteiger partial charge in [0.1, 0.15) is 17.8 Å². The number of methoxy groups -OCH3 is 1. The SMILES string of the molecule is COCCOc1c(Cl)cccc1NC(=O)c1cnn2c1[nH]c(=O)c1ccccc12. The van der Waals surface area contributed by atoms with Crippen LogP contribution in [0.25, 0.3) is 16.6 Å². The maximum absolute atomic E-state index is 12.9. The van der Waals surface area contributed by atoms with Gasteiger partial charge in [-0.05, 0) is 24.3 Å². The zero-order chi connectivity index (χ0) is 20.4. The summed E-state index contributed by atoms with van der Waals surface area (Å²) >= 11 is 6.22. The molecule has 0 bridgehead atoms. The maximum Gasteiger partial charge on any atom is 0.261 e. The van der Waals surface area contributed by atoms with Gasteiger partial charge in [0, 0.05) is 7.11 Å². The molecule has 2 aromatic carbocycles. The van der Waals surface area contributed by atoms with Crippen LogP contribution >= 0.6 is 11.6 Å². The number of halogens is 1. The van der Waals surface area contributed by atoms with Gasteiger partial charge in [-0.15, -0.1) is 0 Å². The third-order valence-electron chi connectivity index (χ3n) is 4.37. The lowest BCUT2D eigenvalue weighted by atomic mass is 10.2. The lowest BCUT2D eigenvalue weighted by Crippen LogP contribution is -2.16. The fourth-order valence-corrected chi connectivity index (χ4v) is 3.24. The van der Waals surface area contributed by atoms with E-state index in [1.165, 1.54) is 10.7 Å². The predicted octanol–water partition coefficient (Wildman–Crippen LogP) is 3.11. The van der Waals surface area contributed by atoms with Crippen molar-refractivity contribution >= 4 is 39.7 Å². The van der Waals surface area contributed by atoms with Crippen LogP contribution in [0.3, 0.4) is 0 Å². The Labute approximate surface area is 170 Å². The van der Waals surface area contributed by atoms with Crippen molar-refractivity contribution in [2.45, 2.75) is 0 Å². The molecule has 0 aliphatic carbocycles. The van der Waals surface area contributed by atoms with Gasteiger partial charge in [-0.3, -0.25) is 9.59 Å². The summed E-state index contributed by atoms with van der Waals surface area (Å²) in [5.41, 5.74) is 1.23. The second-order valence-corrected chi connectivity index (χ2v) is 6.61. The molecule has 2 heterocycles. The molecule has 0 spiro atoms. The minimum Gasteiger partial charge on any atom is -0.487 e. The van der Waals surface area contributed by atoms with E-state index in [-0.39, 0.29) is 17.7 Å². The van der Waals surface area contributed by atoms with Crippen molar-refractivity contribution in [2.75, 3.05) is 25.6 Å². The van der Waals surface area contributed by atoms with Crippen molar-refractivity contribution in [2.24, 2.45) is 0 Å². The van der Waals surface area contributed by atoms with Gasteiger partial charge in [-0.1, -0.05) is 29.8 Å². The topological polar surface area (TPSA) is 97.7 Å². The summed E-state index contributed by atoms with van der Waals surface area (Å²) in [6, 6.07) is 12.1. The molecule has 0 radical (unpaired) electrons. The van der Waals surface area contributed by atoms with Crippen molar-refractivity contribution in [1.29, 1.82) is 0 Å². The molecule has 1 amide bonds. The Morgan fingerprint density at radius 1 is 1.21 bits per heavy atom. The lowest BCUT2D eigenvalue weighted by molar-refractivity contribution is 0.102. The second kappa shape index (κ2) is 7.94. The Kier molecular flexibility index (Phi) is 5.20. The number of hydrogen-bond acceptors (Lipinski definition) is 5. The first-order valence-electron chi connectivity index (χ1n) is 8.80. The largest absolute Gasteiger partial charge is 0.487 e. The van der Waals surface area contributed by atoms with E-state index < -0.39 is 5.91 Å². The fourth-order valence-electron chi connectivity index (χ4n) is 3.01. The summed E-state index contributed by atoms with van der Waals surface area (Å²) in [4.78, 5) is 28.0. The molecular weight excluding hydrogens is 396 g/mol. The van der Waals surface area contributed by atoms with Gasteiger partial charge >= 0.3 is 0 Å². The molecule has 29 heavy (non-hydrogen) atoms. The predicted molar refractivity (Wildman–Crippen MR) is 110 cm³/mol. The van der Waals surface area contributed by atoms with E-state index in [1.807, 2.05) is 0 Å². The summed E-state index contributed by atoms with van der Waals surface area (Å²) in [5, 5.41) is 7.88. The monoisotopic (exact) mass is 412 g/mol. The Morgan fingerprint density at radius 2 is 2.03 bits per heavy atom. The number of nitrogens with one attached hydrogen (secondary N) is 2. The number of carbonyl (C=O) groups is 1. The Hall–Kier alpha value is -3.36. The molecule has 148 valence electrons. The van der Waals surface area contributed by atoms with Crippen LogP contribution in [0, 0.1) is 0 Å². The van der Waals surface area contributed by atoms with E-state index >= 15 is 0 Å². The summed E-state index contributed by atoms with van der Waals surface area (Å²) in [7, 11) is 1.56. The number of rotatable bonds is 6. The minimum absolute atomic E-state index is 0.218. The molecule has 2 aromatic heterocycles. The van der Waals surface area contributed by atoms with Crippen molar-refractivity contribution in [3.63, 3.8) is 0 Å². The fraction of sp³-hybridized carbons (Fsp3) is 0.150. The number of nitrogens with zero attached hydrogens (tertiary/aromatic N) is 2. The number of hydrogen-bond donors (Lipinski definition) is 2. The summed E-state index contributed by atoms with van der Waals surface area (Å²) in [5.74, 6) is -0.111. The molecule has 4 rings (SSSR count). The summed E-state index contributed by atoms with van der Waals surface area (Å²) < 4.78 is 12.1. The molecule has 9 heteroatoms. The quantitative estimate of drug-likeness (QED) is 0.474. The highest BCUT2D eigenvalue weighted by atomic mass is 35.5. The Bertz CT molecular complexity index is 1260.